The van der Waals surface area contributed by atoms with E-state index in [4.69, 9.17) is 4.99 Å². The summed E-state index contributed by atoms with van der Waals surface area (Å²) >= 11 is 0. The van der Waals surface area contributed by atoms with E-state index in [1.165, 1.54) is 16.7 Å². The summed E-state index contributed by atoms with van der Waals surface area (Å²) in [7, 11) is 0. The van der Waals surface area contributed by atoms with E-state index in [-0.39, 0.29) is 12.0 Å². The van der Waals surface area contributed by atoms with Crippen LogP contribution in [-0.4, -0.2) is 28.3 Å². The predicted molar refractivity (Wildman–Crippen MR) is 110 cm³/mol. The second-order valence-electron chi connectivity index (χ2n) is 7.26. The average molecular weight is 355 g/mol. The first-order chi connectivity index (χ1) is 13.3. The number of benzene rings is 1. The van der Waals surface area contributed by atoms with E-state index in [1.807, 2.05) is 24.8 Å². The number of anilines is 1. The van der Waals surface area contributed by atoms with Crippen molar-refractivity contribution in [3.05, 3.63) is 77.8 Å². The Morgan fingerprint density at radius 3 is 2.70 bits per heavy atom. The van der Waals surface area contributed by atoms with Crippen molar-refractivity contribution in [1.82, 2.24) is 10.2 Å². The molecule has 5 rings (SSSR count). The first-order valence-corrected chi connectivity index (χ1v) is 9.34. The highest BCUT2D eigenvalue weighted by Gasteiger charge is 2.32. The summed E-state index contributed by atoms with van der Waals surface area (Å²) in [4.78, 5) is 9.05. The molecular weight excluding hydrogens is 334 g/mol. The third-order valence-corrected chi connectivity index (χ3v) is 5.41. The molecule has 27 heavy (non-hydrogen) atoms. The maximum atomic E-state index is 4.88. The summed E-state index contributed by atoms with van der Waals surface area (Å²) in [6, 6.07) is 8.81. The van der Waals surface area contributed by atoms with Crippen LogP contribution >= 0.6 is 0 Å². The first-order valence-electron chi connectivity index (χ1n) is 9.34. The molecule has 0 saturated heterocycles. The van der Waals surface area contributed by atoms with Gasteiger partial charge in [0.05, 0.1) is 12.2 Å². The van der Waals surface area contributed by atoms with Gasteiger partial charge in [-0.3, -0.25) is 15.1 Å². The van der Waals surface area contributed by atoms with E-state index in [0.717, 1.165) is 23.5 Å². The van der Waals surface area contributed by atoms with Crippen LogP contribution in [0.4, 0.5) is 5.69 Å². The van der Waals surface area contributed by atoms with Gasteiger partial charge in [0.25, 0.3) is 0 Å². The molecule has 5 nitrogen and oxygen atoms in total. The van der Waals surface area contributed by atoms with Gasteiger partial charge in [-0.15, -0.1) is 0 Å². The van der Waals surface area contributed by atoms with Crippen molar-refractivity contribution in [2.24, 2.45) is 15.9 Å². The number of rotatable bonds is 3. The highest BCUT2D eigenvalue weighted by molar-refractivity contribution is 6.11. The van der Waals surface area contributed by atoms with Gasteiger partial charge in [0, 0.05) is 47.3 Å². The molecule has 0 amide bonds. The molecule has 1 aliphatic carbocycles. The van der Waals surface area contributed by atoms with Gasteiger partial charge < -0.3 is 5.32 Å². The molecule has 3 heterocycles. The van der Waals surface area contributed by atoms with E-state index in [9.17, 15) is 0 Å². The zero-order chi connectivity index (χ0) is 18.2. The lowest BCUT2D eigenvalue weighted by Gasteiger charge is -2.28. The molecule has 2 aromatic rings. The Morgan fingerprint density at radius 1 is 1.11 bits per heavy atom. The summed E-state index contributed by atoms with van der Waals surface area (Å²) in [5.74, 6) is 1.63. The van der Waals surface area contributed by atoms with Crippen molar-refractivity contribution in [2.75, 3.05) is 5.32 Å². The van der Waals surface area contributed by atoms with E-state index >= 15 is 0 Å². The fraction of sp³-hybridized carbons (Fsp3) is 0.227. The molecule has 2 N–H and O–H groups in total. The van der Waals surface area contributed by atoms with Crippen LogP contribution in [0.2, 0.25) is 0 Å². The first kappa shape index (κ1) is 16.0. The molecule has 5 heteroatoms. The summed E-state index contributed by atoms with van der Waals surface area (Å²) in [6.07, 6.45) is 15.2. The number of allylic oxidation sites excluding steroid dienone is 4. The molecule has 0 spiro atoms. The largest absolute Gasteiger partial charge is 0.340 e. The molecule has 2 aliphatic heterocycles. The lowest BCUT2D eigenvalue weighted by molar-refractivity contribution is 0.587. The van der Waals surface area contributed by atoms with Gasteiger partial charge in [-0.1, -0.05) is 30.4 Å². The second-order valence-corrected chi connectivity index (χ2v) is 7.26. The number of hydrogen-bond donors (Lipinski definition) is 2. The van der Waals surface area contributed by atoms with E-state index in [2.05, 4.69) is 69.9 Å². The Hall–Kier alpha value is -3.21. The zero-order valence-corrected chi connectivity index (χ0v) is 15.1. The van der Waals surface area contributed by atoms with Gasteiger partial charge >= 0.3 is 0 Å². The predicted octanol–water partition coefficient (Wildman–Crippen LogP) is 4.33. The molecule has 134 valence electrons. The van der Waals surface area contributed by atoms with Crippen molar-refractivity contribution < 1.29 is 0 Å². The van der Waals surface area contributed by atoms with Crippen LogP contribution in [0, 0.1) is 5.92 Å². The lowest BCUT2D eigenvalue weighted by Crippen LogP contribution is -2.28. The van der Waals surface area contributed by atoms with Crippen LogP contribution in [0.1, 0.15) is 30.4 Å². The van der Waals surface area contributed by atoms with Gasteiger partial charge in [0.2, 0.25) is 0 Å². The van der Waals surface area contributed by atoms with Crippen molar-refractivity contribution >= 4 is 23.3 Å². The van der Waals surface area contributed by atoms with Crippen molar-refractivity contribution in [2.45, 2.75) is 25.3 Å². The van der Waals surface area contributed by atoms with E-state index < -0.39 is 0 Å². The normalized spacial score (nSPS) is 25.8. The quantitative estimate of drug-likeness (QED) is 0.860. The van der Waals surface area contributed by atoms with Gasteiger partial charge in [-0.25, -0.2) is 0 Å². The molecule has 1 aromatic carbocycles. The number of fused-ring (bicyclic) bond motifs is 1. The van der Waals surface area contributed by atoms with Crippen LogP contribution in [0.25, 0.3) is 5.57 Å². The molecule has 3 aliphatic rings. The number of nitrogens with one attached hydrogen (secondary N) is 2. The van der Waals surface area contributed by atoms with Gasteiger partial charge in [0.1, 0.15) is 5.84 Å². The average Bonchev–Trinajstić information content (AvgIpc) is 3.43. The number of aromatic nitrogens is 2. The Morgan fingerprint density at radius 2 is 1.96 bits per heavy atom. The lowest BCUT2D eigenvalue weighted by atomic mass is 9.84. The van der Waals surface area contributed by atoms with Crippen LogP contribution < -0.4 is 5.32 Å². The molecule has 0 saturated carbocycles. The number of amidine groups is 1. The molecule has 0 radical (unpaired) electrons. The van der Waals surface area contributed by atoms with Crippen molar-refractivity contribution in [3.8, 4) is 0 Å². The third-order valence-electron chi connectivity index (χ3n) is 5.41. The molecule has 0 bridgehead atoms. The summed E-state index contributed by atoms with van der Waals surface area (Å²) in [5, 5.41) is 10.6. The molecule has 3 atom stereocenters. The molecule has 1 aromatic heterocycles. The highest BCUT2D eigenvalue weighted by Crippen LogP contribution is 2.41. The van der Waals surface area contributed by atoms with E-state index in [1.54, 1.807) is 0 Å². The fourth-order valence-electron chi connectivity index (χ4n) is 4.03. The van der Waals surface area contributed by atoms with Gasteiger partial charge in [-0.2, -0.15) is 5.10 Å². The van der Waals surface area contributed by atoms with Crippen molar-refractivity contribution in [1.29, 1.82) is 0 Å². The molecular formula is C22H21N5. The molecule has 3 unspecified atom stereocenters. The minimum atomic E-state index is 0.280. The minimum absolute atomic E-state index is 0.280. The number of hydrogen-bond acceptors (Lipinski definition) is 4. The topological polar surface area (TPSA) is 65.4 Å². The standard InChI is InChI=1S/C22H21N5/c1-14-10-21-19(17-12-24-25-13-17)6-7-20(21)22(26-14)27-18-4-2-15(3-5-18)16-8-9-23-11-16/h2-9,11-14,16,21H,10H2,1H3,(H,24,25)(H,26,27). The summed E-state index contributed by atoms with van der Waals surface area (Å²) in [5.41, 5.74) is 6.05. The summed E-state index contributed by atoms with van der Waals surface area (Å²) in [6.45, 7) is 2.18. The Labute approximate surface area is 158 Å². The van der Waals surface area contributed by atoms with Crippen LogP contribution in [0.5, 0.6) is 0 Å². The number of nitrogens with zero attached hydrogens (tertiary/aromatic N) is 3. The van der Waals surface area contributed by atoms with Gasteiger partial charge in [0.15, 0.2) is 0 Å². The smallest absolute Gasteiger partial charge is 0.129 e. The monoisotopic (exact) mass is 355 g/mol. The van der Waals surface area contributed by atoms with Crippen LogP contribution in [0.15, 0.2) is 76.6 Å². The number of H-pyrrole nitrogens is 1. The Kier molecular flexibility index (Phi) is 3.85. The number of aromatic amines is 1. The van der Waals surface area contributed by atoms with Crippen LogP contribution in [0.3, 0.4) is 0 Å². The maximum Gasteiger partial charge on any atom is 0.129 e. The zero-order valence-electron chi connectivity index (χ0n) is 15.1. The highest BCUT2D eigenvalue weighted by atomic mass is 15.1. The fourth-order valence-corrected chi connectivity index (χ4v) is 4.03. The van der Waals surface area contributed by atoms with Crippen LogP contribution in [-0.2, 0) is 0 Å². The minimum Gasteiger partial charge on any atom is -0.340 e. The maximum absolute atomic E-state index is 4.88. The number of aliphatic imine (C=N–C) groups is 2. The van der Waals surface area contributed by atoms with E-state index in [0.29, 0.717) is 5.92 Å². The molecule has 0 fully saturated rings. The second kappa shape index (κ2) is 6.50. The van der Waals surface area contributed by atoms with Gasteiger partial charge in [-0.05, 0) is 36.6 Å². The Balaban J connectivity index is 1.36. The SMILES string of the molecule is CC1CC2C(=CC=C2c2cn[nH]c2)C(Nc2ccc(C3C=CN=C3)cc2)=N1. The third kappa shape index (κ3) is 2.95. The Bertz CT molecular complexity index is 978. The summed E-state index contributed by atoms with van der Waals surface area (Å²) < 4.78 is 0. The van der Waals surface area contributed by atoms with Crippen molar-refractivity contribution in [3.63, 3.8) is 0 Å².